The zero-order valence-electron chi connectivity index (χ0n) is 30.5. The van der Waals surface area contributed by atoms with Crippen LogP contribution in [0.3, 0.4) is 0 Å². The highest BCUT2D eigenvalue weighted by molar-refractivity contribution is 5.75. The molecule has 0 radical (unpaired) electrons. The Balaban J connectivity index is 1.28. The number of carbonyl (C=O) groups is 2. The molecule has 0 heterocycles. The molecule has 4 saturated carbocycles. The molecule has 0 unspecified atom stereocenters. The normalized spacial score (nSPS) is 39.6. The van der Waals surface area contributed by atoms with E-state index in [1.807, 2.05) is 12.1 Å². The van der Waals surface area contributed by atoms with Gasteiger partial charge in [0.25, 0.3) is 0 Å². The van der Waals surface area contributed by atoms with Gasteiger partial charge < -0.3 is 26.2 Å². The average Bonchev–Trinajstić information content (AvgIpc) is 3.39. The summed E-state index contributed by atoms with van der Waals surface area (Å²) in [4.78, 5) is 24.7. The number of allylic oxidation sites excluding steroid dienone is 3. The zero-order chi connectivity index (χ0) is 34.9. The summed E-state index contributed by atoms with van der Waals surface area (Å²) in [6.07, 6.45) is 11.2. The molecule has 5 aliphatic rings. The third-order valence-corrected chi connectivity index (χ3v) is 15.3. The van der Waals surface area contributed by atoms with Gasteiger partial charge >= 0.3 is 6.03 Å². The number of aliphatic hydroxyl groups is 2. The summed E-state index contributed by atoms with van der Waals surface area (Å²) >= 11 is 0. The summed E-state index contributed by atoms with van der Waals surface area (Å²) < 4.78 is 0. The van der Waals surface area contributed by atoms with Crippen molar-refractivity contribution in [2.75, 3.05) is 13.1 Å². The molecule has 0 aromatic heterocycles. The van der Waals surface area contributed by atoms with E-state index in [1.165, 1.54) is 49.3 Å². The Bertz CT molecular complexity index is 1470. The first kappa shape index (κ1) is 35.2. The van der Waals surface area contributed by atoms with Gasteiger partial charge in [-0.25, -0.2) is 4.79 Å². The van der Waals surface area contributed by atoms with E-state index in [4.69, 9.17) is 0 Å². The molecule has 7 heteroatoms. The van der Waals surface area contributed by atoms with Crippen molar-refractivity contribution >= 4 is 17.5 Å². The van der Waals surface area contributed by atoms with Crippen LogP contribution in [0.25, 0.3) is 5.57 Å². The molecule has 7 nitrogen and oxygen atoms in total. The van der Waals surface area contributed by atoms with Crippen LogP contribution in [0.1, 0.15) is 124 Å². The second kappa shape index (κ2) is 12.3. The zero-order valence-corrected chi connectivity index (χ0v) is 30.5. The molecule has 0 saturated heterocycles. The number of hydrogen-bond acceptors (Lipinski definition) is 4. The molecular formula is C41H61N3O4. The van der Waals surface area contributed by atoms with Crippen LogP contribution in [0.2, 0.25) is 0 Å². The maximum Gasteiger partial charge on any atom is 0.315 e. The number of aliphatic hydroxyl groups excluding tert-OH is 1. The van der Waals surface area contributed by atoms with Crippen LogP contribution < -0.4 is 16.0 Å². The van der Waals surface area contributed by atoms with Crippen molar-refractivity contribution in [3.05, 3.63) is 53.6 Å². The van der Waals surface area contributed by atoms with Crippen LogP contribution in [0.15, 0.2) is 42.5 Å². The molecule has 5 N–H and O–H groups in total. The maximum absolute atomic E-state index is 13.4. The smallest absolute Gasteiger partial charge is 0.315 e. The van der Waals surface area contributed by atoms with Gasteiger partial charge in [-0.3, -0.25) is 4.79 Å². The van der Waals surface area contributed by atoms with Crippen molar-refractivity contribution < 1.29 is 19.8 Å². The molecule has 6 rings (SSSR count). The van der Waals surface area contributed by atoms with Crippen LogP contribution in [-0.2, 0) is 4.79 Å². The van der Waals surface area contributed by atoms with Crippen molar-refractivity contribution in [1.29, 1.82) is 0 Å². The van der Waals surface area contributed by atoms with Crippen LogP contribution in [0.5, 0.6) is 0 Å². The molecule has 3 amide bonds. The van der Waals surface area contributed by atoms with Gasteiger partial charge in [-0.2, -0.15) is 0 Å². The highest BCUT2D eigenvalue weighted by Crippen LogP contribution is 2.76. The number of nitrogens with one attached hydrogen (secondary N) is 3. The third kappa shape index (κ3) is 5.37. The summed E-state index contributed by atoms with van der Waals surface area (Å²) in [5.41, 5.74) is 4.73. The second-order valence-electron chi connectivity index (χ2n) is 17.7. The largest absolute Gasteiger partial charge is 0.364 e. The molecule has 4 fully saturated rings. The number of carbonyl (C=O) groups excluding carboxylic acids is 2. The van der Waals surface area contributed by atoms with Crippen molar-refractivity contribution in [3.63, 3.8) is 0 Å². The van der Waals surface area contributed by atoms with Gasteiger partial charge in [-0.05, 0) is 127 Å². The standard InChI is InChI=1S/C41H61N3O4/c1-25(2)29-15-20-41(44-36(48)43-24-23-42-26(3)45)22-21-39(7)31(34(29)41)13-14-33-38(6)18-16-30(27-9-11-28(12-10-27)35(46)47)37(4,5)32(38)17-19-40(33,39)8/h9-12,16,29,31-35,46-47H,1,13-15,17-24H2,2-8H3,(H,42,45)(H2,43,44,48)/t29-,31+,32-,33+,34+,38-,39+,40+,41-/m0/s1. The molecule has 264 valence electrons. The Kier molecular flexibility index (Phi) is 9.02. The third-order valence-electron chi connectivity index (χ3n) is 15.3. The summed E-state index contributed by atoms with van der Waals surface area (Å²) in [6, 6.07) is 7.71. The van der Waals surface area contributed by atoms with E-state index in [0.29, 0.717) is 48.2 Å². The number of benzene rings is 1. The molecule has 5 aliphatic carbocycles. The highest BCUT2D eigenvalue weighted by Gasteiger charge is 2.70. The van der Waals surface area contributed by atoms with Crippen molar-refractivity contribution in [1.82, 2.24) is 16.0 Å². The van der Waals surface area contributed by atoms with Gasteiger partial charge in [-0.1, -0.05) is 77.1 Å². The summed E-state index contributed by atoms with van der Waals surface area (Å²) in [5.74, 6) is 2.42. The molecule has 48 heavy (non-hydrogen) atoms. The van der Waals surface area contributed by atoms with Crippen molar-refractivity contribution in [3.8, 4) is 0 Å². The molecule has 9 atom stereocenters. The fraction of sp³-hybridized carbons (Fsp3) is 0.707. The molecule has 0 aliphatic heterocycles. The fourth-order valence-electron chi connectivity index (χ4n) is 13.0. The Hall–Kier alpha value is -2.64. The SMILES string of the molecule is C=C(C)[C@@H]1CC[C@]2(NC(=O)NCCNC(C)=O)CC[C@]3(C)[C@H](CC[C@@H]4[C@@]5(C)CC=C(c6ccc(C(O)O)cc6)C(C)(C)[C@@H]5CC[C@]43C)[C@@H]12. The predicted octanol–water partition coefficient (Wildman–Crippen LogP) is 7.51. The molecular weight excluding hydrogens is 598 g/mol. The maximum atomic E-state index is 13.4. The number of rotatable bonds is 7. The fourth-order valence-corrected chi connectivity index (χ4v) is 13.0. The van der Waals surface area contributed by atoms with Gasteiger partial charge in [0.05, 0.1) is 0 Å². The van der Waals surface area contributed by atoms with E-state index in [2.05, 4.69) is 82.3 Å². The quantitative estimate of drug-likeness (QED) is 0.119. The van der Waals surface area contributed by atoms with Crippen molar-refractivity contribution in [2.24, 2.45) is 51.2 Å². The molecule has 1 aromatic rings. The number of amides is 3. The lowest BCUT2D eigenvalue weighted by atomic mass is 9.33. The van der Waals surface area contributed by atoms with Crippen molar-refractivity contribution in [2.45, 2.75) is 118 Å². The van der Waals surface area contributed by atoms with E-state index in [1.54, 1.807) is 0 Å². The van der Waals surface area contributed by atoms with E-state index >= 15 is 0 Å². The van der Waals surface area contributed by atoms with Gasteiger partial charge in [-0.15, -0.1) is 0 Å². The minimum absolute atomic E-state index is 0.000861. The van der Waals surface area contributed by atoms with E-state index < -0.39 is 6.29 Å². The Morgan fingerprint density at radius 3 is 2.19 bits per heavy atom. The number of urea groups is 1. The predicted molar refractivity (Wildman–Crippen MR) is 191 cm³/mol. The van der Waals surface area contributed by atoms with E-state index in [0.717, 1.165) is 32.1 Å². The summed E-state index contributed by atoms with van der Waals surface area (Å²) in [5, 5.41) is 28.7. The number of fused-ring (bicyclic) bond motifs is 7. The minimum Gasteiger partial charge on any atom is -0.364 e. The number of hydrogen-bond donors (Lipinski definition) is 5. The van der Waals surface area contributed by atoms with Crippen LogP contribution in [-0.4, -0.2) is 40.8 Å². The first-order valence-corrected chi connectivity index (χ1v) is 18.6. The minimum atomic E-state index is -1.45. The Morgan fingerprint density at radius 1 is 0.854 bits per heavy atom. The first-order valence-electron chi connectivity index (χ1n) is 18.6. The molecule has 0 bridgehead atoms. The van der Waals surface area contributed by atoms with Gasteiger partial charge in [0.1, 0.15) is 0 Å². The summed E-state index contributed by atoms with van der Waals surface area (Å²) in [6.45, 7) is 21.8. The lowest BCUT2D eigenvalue weighted by Crippen LogP contribution is -2.68. The monoisotopic (exact) mass is 659 g/mol. The lowest BCUT2D eigenvalue weighted by molar-refractivity contribution is -0.218. The average molecular weight is 660 g/mol. The Labute approximate surface area is 288 Å². The van der Waals surface area contributed by atoms with Crippen LogP contribution in [0.4, 0.5) is 4.79 Å². The van der Waals surface area contributed by atoms with Gasteiger partial charge in [0, 0.05) is 31.1 Å². The van der Waals surface area contributed by atoms with Crippen LogP contribution in [0, 0.1) is 51.2 Å². The van der Waals surface area contributed by atoms with E-state index in [-0.39, 0.29) is 39.1 Å². The second-order valence-corrected chi connectivity index (χ2v) is 17.7. The molecule has 0 spiro atoms. The Morgan fingerprint density at radius 2 is 1.54 bits per heavy atom. The topological polar surface area (TPSA) is 111 Å². The lowest BCUT2D eigenvalue weighted by Gasteiger charge is -2.72. The summed E-state index contributed by atoms with van der Waals surface area (Å²) in [7, 11) is 0. The first-order chi connectivity index (χ1) is 22.5. The molecule has 1 aromatic carbocycles. The van der Waals surface area contributed by atoms with Gasteiger partial charge in [0.15, 0.2) is 6.29 Å². The van der Waals surface area contributed by atoms with E-state index in [9.17, 15) is 19.8 Å². The van der Waals surface area contributed by atoms with Gasteiger partial charge in [0.2, 0.25) is 5.91 Å². The highest BCUT2D eigenvalue weighted by atomic mass is 16.5. The van der Waals surface area contributed by atoms with Crippen LogP contribution >= 0.6 is 0 Å².